The SMILES string of the molecule is CC(C)(C)CC(=O)N1CCN(C(=O)Cn2cnnn2)CC1. The average Bonchev–Trinajstić information content (AvgIpc) is 2.90. The zero-order valence-electron chi connectivity index (χ0n) is 12.8. The summed E-state index contributed by atoms with van der Waals surface area (Å²) in [5, 5.41) is 10.7. The van der Waals surface area contributed by atoms with Crippen LogP contribution in [0.25, 0.3) is 0 Å². The van der Waals surface area contributed by atoms with Crippen molar-refractivity contribution in [1.29, 1.82) is 0 Å². The third-order valence-corrected chi connectivity index (χ3v) is 3.36. The first-order valence-electron chi connectivity index (χ1n) is 7.11. The van der Waals surface area contributed by atoms with E-state index in [1.807, 2.05) is 4.90 Å². The smallest absolute Gasteiger partial charge is 0.244 e. The van der Waals surface area contributed by atoms with Gasteiger partial charge in [0.25, 0.3) is 0 Å². The molecule has 2 amide bonds. The molecule has 0 radical (unpaired) electrons. The number of hydrogen-bond donors (Lipinski definition) is 0. The van der Waals surface area contributed by atoms with Gasteiger partial charge in [-0.05, 0) is 15.8 Å². The lowest BCUT2D eigenvalue weighted by atomic mass is 9.91. The number of nitrogens with zero attached hydrogens (tertiary/aromatic N) is 6. The van der Waals surface area contributed by atoms with Gasteiger partial charge in [0, 0.05) is 32.6 Å². The van der Waals surface area contributed by atoms with E-state index in [1.165, 1.54) is 11.0 Å². The molecule has 116 valence electrons. The topological polar surface area (TPSA) is 84.2 Å². The summed E-state index contributed by atoms with van der Waals surface area (Å²) in [4.78, 5) is 27.8. The molecule has 1 aromatic heterocycles. The van der Waals surface area contributed by atoms with Crippen molar-refractivity contribution in [2.45, 2.75) is 33.7 Å². The molecule has 0 bridgehead atoms. The molecule has 0 aromatic carbocycles. The maximum absolute atomic E-state index is 12.1. The first-order chi connectivity index (χ1) is 9.85. The monoisotopic (exact) mass is 294 g/mol. The summed E-state index contributed by atoms with van der Waals surface area (Å²) in [6.45, 7) is 8.62. The van der Waals surface area contributed by atoms with Gasteiger partial charge in [-0.15, -0.1) is 5.10 Å². The van der Waals surface area contributed by atoms with Crippen LogP contribution in [0.15, 0.2) is 6.33 Å². The van der Waals surface area contributed by atoms with Gasteiger partial charge in [0.1, 0.15) is 12.9 Å². The summed E-state index contributed by atoms with van der Waals surface area (Å²) in [6.07, 6.45) is 1.95. The van der Waals surface area contributed by atoms with Crippen molar-refractivity contribution in [3.8, 4) is 0 Å². The van der Waals surface area contributed by atoms with Crippen molar-refractivity contribution in [1.82, 2.24) is 30.0 Å². The van der Waals surface area contributed by atoms with E-state index >= 15 is 0 Å². The molecule has 21 heavy (non-hydrogen) atoms. The molecule has 1 fully saturated rings. The van der Waals surface area contributed by atoms with Crippen molar-refractivity contribution in [3.05, 3.63) is 6.33 Å². The highest BCUT2D eigenvalue weighted by molar-refractivity contribution is 5.78. The zero-order valence-corrected chi connectivity index (χ0v) is 12.8. The Morgan fingerprint density at radius 2 is 1.62 bits per heavy atom. The molecule has 1 aromatic rings. The van der Waals surface area contributed by atoms with Crippen LogP contribution in [-0.2, 0) is 16.1 Å². The second-order valence-electron chi connectivity index (χ2n) is 6.51. The highest BCUT2D eigenvalue weighted by Crippen LogP contribution is 2.20. The molecule has 8 heteroatoms. The van der Waals surface area contributed by atoms with Crippen molar-refractivity contribution >= 4 is 11.8 Å². The first kappa shape index (κ1) is 15.4. The summed E-state index contributed by atoms with van der Waals surface area (Å²) in [5.74, 6) is 0.139. The second-order valence-corrected chi connectivity index (χ2v) is 6.51. The summed E-state index contributed by atoms with van der Waals surface area (Å²) >= 11 is 0. The molecule has 0 N–H and O–H groups in total. The standard InChI is InChI=1S/C13H22N6O2/c1-13(2,3)8-11(20)17-4-6-18(7-5-17)12(21)9-19-10-14-15-16-19/h10H,4-9H2,1-3H3. The molecule has 0 spiro atoms. The molecule has 2 heterocycles. The van der Waals surface area contributed by atoms with Crippen molar-refractivity contribution in [3.63, 3.8) is 0 Å². The normalized spacial score (nSPS) is 16.1. The third-order valence-electron chi connectivity index (χ3n) is 3.36. The molecule has 2 rings (SSSR count). The van der Waals surface area contributed by atoms with E-state index in [9.17, 15) is 9.59 Å². The minimum Gasteiger partial charge on any atom is -0.339 e. The Morgan fingerprint density at radius 1 is 1.05 bits per heavy atom. The summed E-state index contributed by atoms with van der Waals surface area (Å²) < 4.78 is 1.40. The largest absolute Gasteiger partial charge is 0.339 e. The maximum Gasteiger partial charge on any atom is 0.244 e. The number of aromatic nitrogens is 4. The Hall–Kier alpha value is -1.99. The van der Waals surface area contributed by atoms with Gasteiger partial charge in [-0.25, -0.2) is 4.68 Å². The maximum atomic E-state index is 12.1. The fourth-order valence-electron chi connectivity index (χ4n) is 2.26. The van der Waals surface area contributed by atoms with Crippen molar-refractivity contribution < 1.29 is 9.59 Å². The van der Waals surface area contributed by atoms with Crippen molar-refractivity contribution in [2.24, 2.45) is 5.41 Å². The van der Waals surface area contributed by atoms with Crippen LogP contribution in [0.4, 0.5) is 0 Å². The first-order valence-corrected chi connectivity index (χ1v) is 7.11. The van der Waals surface area contributed by atoms with Crippen molar-refractivity contribution in [2.75, 3.05) is 26.2 Å². The molecule has 0 unspecified atom stereocenters. The van der Waals surface area contributed by atoms with Crippen LogP contribution in [-0.4, -0.2) is 68.0 Å². The van der Waals surface area contributed by atoms with E-state index < -0.39 is 0 Å². The number of carbonyl (C=O) groups is 2. The van der Waals surface area contributed by atoms with E-state index in [0.29, 0.717) is 32.6 Å². The fraction of sp³-hybridized carbons (Fsp3) is 0.769. The summed E-state index contributed by atoms with van der Waals surface area (Å²) in [6, 6.07) is 0. The van der Waals surface area contributed by atoms with E-state index in [-0.39, 0.29) is 23.8 Å². The summed E-state index contributed by atoms with van der Waals surface area (Å²) in [5.41, 5.74) is -0.00979. The second kappa shape index (κ2) is 6.19. The Kier molecular flexibility index (Phi) is 4.54. The van der Waals surface area contributed by atoms with Gasteiger partial charge < -0.3 is 9.80 Å². The van der Waals surface area contributed by atoms with Gasteiger partial charge >= 0.3 is 0 Å². The molecular weight excluding hydrogens is 272 g/mol. The van der Waals surface area contributed by atoms with Gasteiger partial charge in [-0.3, -0.25) is 9.59 Å². The van der Waals surface area contributed by atoms with Crippen LogP contribution in [0.2, 0.25) is 0 Å². The number of rotatable bonds is 3. The van der Waals surface area contributed by atoms with Crippen LogP contribution in [0.1, 0.15) is 27.2 Å². The summed E-state index contributed by atoms with van der Waals surface area (Å²) in [7, 11) is 0. The lowest BCUT2D eigenvalue weighted by Crippen LogP contribution is -2.51. The van der Waals surface area contributed by atoms with Crippen LogP contribution >= 0.6 is 0 Å². The van der Waals surface area contributed by atoms with E-state index in [0.717, 1.165) is 0 Å². The predicted octanol–water partition coefficient (Wildman–Crippen LogP) is -0.220. The lowest BCUT2D eigenvalue weighted by Gasteiger charge is -2.36. The molecule has 0 atom stereocenters. The molecular formula is C13H22N6O2. The lowest BCUT2D eigenvalue weighted by molar-refractivity contribution is -0.141. The number of amides is 2. The van der Waals surface area contributed by atoms with E-state index in [4.69, 9.17) is 0 Å². The van der Waals surface area contributed by atoms with Crippen LogP contribution in [0, 0.1) is 5.41 Å². The van der Waals surface area contributed by atoms with Crippen LogP contribution in [0.3, 0.4) is 0 Å². The number of hydrogen-bond acceptors (Lipinski definition) is 5. The minimum atomic E-state index is -0.0229. The van der Waals surface area contributed by atoms with Gasteiger partial charge in [0.15, 0.2) is 0 Å². The molecule has 1 aliphatic heterocycles. The number of tetrazole rings is 1. The van der Waals surface area contributed by atoms with Crippen LogP contribution < -0.4 is 0 Å². The Bertz CT molecular complexity index is 485. The molecule has 0 aliphatic carbocycles. The number of carbonyl (C=O) groups excluding carboxylic acids is 2. The quantitative estimate of drug-likeness (QED) is 0.769. The Balaban J connectivity index is 1.80. The van der Waals surface area contributed by atoms with Gasteiger partial charge in [-0.1, -0.05) is 20.8 Å². The molecule has 8 nitrogen and oxygen atoms in total. The Labute approximate surface area is 124 Å². The molecule has 1 aliphatic rings. The average molecular weight is 294 g/mol. The minimum absolute atomic E-state index is 0.00979. The van der Waals surface area contributed by atoms with Gasteiger partial charge in [0.05, 0.1) is 0 Å². The third kappa shape index (κ3) is 4.51. The van der Waals surface area contributed by atoms with Crippen LogP contribution in [0.5, 0.6) is 0 Å². The highest BCUT2D eigenvalue weighted by atomic mass is 16.2. The van der Waals surface area contributed by atoms with Gasteiger partial charge in [0.2, 0.25) is 11.8 Å². The number of piperazine rings is 1. The highest BCUT2D eigenvalue weighted by Gasteiger charge is 2.26. The fourth-order valence-corrected chi connectivity index (χ4v) is 2.26. The predicted molar refractivity (Wildman–Crippen MR) is 75.0 cm³/mol. The van der Waals surface area contributed by atoms with E-state index in [1.54, 1.807) is 4.90 Å². The Morgan fingerprint density at radius 3 is 2.10 bits per heavy atom. The van der Waals surface area contributed by atoms with Gasteiger partial charge in [-0.2, -0.15) is 0 Å². The zero-order chi connectivity index (χ0) is 15.5. The molecule has 1 saturated heterocycles. The molecule has 0 saturated carbocycles. The van der Waals surface area contributed by atoms with E-state index in [2.05, 4.69) is 36.3 Å².